The maximum Gasteiger partial charge on any atom is 0.00384 e. The van der Waals surface area contributed by atoms with Gasteiger partial charge >= 0.3 is 0 Å². The summed E-state index contributed by atoms with van der Waals surface area (Å²) in [7, 11) is 0. The van der Waals surface area contributed by atoms with E-state index in [0.29, 0.717) is 6.04 Å². The summed E-state index contributed by atoms with van der Waals surface area (Å²) < 4.78 is 0. The highest BCUT2D eigenvalue weighted by Crippen LogP contribution is 2.05. The Kier molecular flexibility index (Phi) is 9.42. The van der Waals surface area contributed by atoms with E-state index in [0.717, 1.165) is 6.54 Å². The average molecular weight is 200 g/mol. The molecule has 0 saturated carbocycles. The zero-order valence-electron chi connectivity index (χ0n) is 10.3. The molecule has 0 aromatic carbocycles. The summed E-state index contributed by atoms with van der Waals surface area (Å²) >= 11 is 0. The van der Waals surface area contributed by atoms with Crippen molar-refractivity contribution in [2.75, 3.05) is 19.6 Å². The summed E-state index contributed by atoms with van der Waals surface area (Å²) in [6.45, 7) is 10.1. The third kappa shape index (κ3) is 7.34. The molecule has 2 N–H and O–H groups in total. The maximum absolute atomic E-state index is 5.44. The van der Waals surface area contributed by atoms with Gasteiger partial charge < -0.3 is 10.6 Å². The predicted octanol–water partition coefficient (Wildman–Crippen LogP) is 2.63. The molecule has 0 aromatic rings. The summed E-state index contributed by atoms with van der Waals surface area (Å²) in [6, 6.07) is 0.698. The zero-order valence-corrected chi connectivity index (χ0v) is 10.3. The van der Waals surface area contributed by atoms with Crippen LogP contribution >= 0.6 is 0 Å². The van der Waals surface area contributed by atoms with E-state index in [2.05, 4.69) is 25.7 Å². The summed E-state index contributed by atoms with van der Waals surface area (Å²) in [5.74, 6) is 0. The minimum absolute atomic E-state index is 0.698. The van der Waals surface area contributed by atoms with Crippen LogP contribution in [0.25, 0.3) is 0 Å². The van der Waals surface area contributed by atoms with Crippen molar-refractivity contribution in [2.45, 2.75) is 58.9 Å². The lowest BCUT2D eigenvalue weighted by atomic mass is 10.1. The Balaban J connectivity index is 3.25. The molecule has 0 aromatic heterocycles. The molecule has 86 valence electrons. The second-order valence-electron chi connectivity index (χ2n) is 4.28. The Morgan fingerprint density at radius 1 is 1.00 bits per heavy atom. The van der Waals surface area contributed by atoms with E-state index in [1.54, 1.807) is 0 Å². The fraction of sp³-hybridized carbons (Fsp3) is 1.00. The zero-order chi connectivity index (χ0) is 10.8. The van der Waals surface area contributed by atoms with E-state index in [1.807, 2.05) is 0 Å². The smallest absolute Gasteiger partial charge is 0.00384 e. The van der Waals surface area contributed by atoms with E-state index >= 15 is 0 Å². The number of hydrogen-bond donors (Lipinski definition) is 1. The highest BCUT2D eigenvalue weighted by atomic mass is 15.1. The SMILES string of the molecule is CCN(CCCCCCCN)C(C)C. The van der Waals surface area contributed by atoms with Crippen LogP contribution in [0.15, 0.2) is 0 Å². The van der Waals surface area contributed by atoms with Crippen LogP contribution < -0.4 is 5.73 Å². The highest BCUT2D eigenvalue weighted by Gasteiger charge is 2.05. The van der Waals surface area contributed by atoms with Crippen LogP contribution in [-0.4, -0.2) is 30.6 Å². The molecule has 0 radical (unpaired) electrons. The number of nitrogens with two attached hydrogens (primary N) is 1. The van der Waals surface area contributed by atoms with Gasteiger partial charge in [-0.2, -0.15) is 0 Å². The first kappa shape index (κ1) is 13.9. The first-order chi connectivity index (χ1) is 6.72. The first-order valence-corrected chi connectivity index (χ1v) is 6.16. The molecule has 0 heterocycles. The van der Waals surface area contributed by atoms with Crippen LogP contribution in [0, 0.1) is 0 Å². The van der Waals surface area contributed by atoms with Gasteiger partial charge in [0, 0.05) is 6.04 Å². The van der Waals surface area contributed by atoms with Gasteiger partial charge in [0.2, 0.25) is 0 Å². The molecule has 0 fully saturated rings. The van der Waals surface area contributed by atoms with Crippen LogP contribution in [0.5, 0.6) is 0 Å². The molecular formula is C12H28N2. The molecule has 14 heavy (non-hydrogen) atoms. The van der Waals surface area contributed by atoms with Crippen molar-refractivity contribution in [2.24, 2.45) is 5.73 Å². The molecule has 0 rings (SSSR count). The molecule has 0 amide bonds. The molecule has 0 atom stereocenters. The third-order valence-corrected chi connectivity index (χ3v) is 2.79. The second kappa shape index (κ2) is 9.47. The van der Waals surface area contributed by atoms with Crippen LogP contribution in [0.1, 0.15) is 52.9 Å². The summed E-state index contributed by atoms with van der Waals surface area (Å²) in [5, 5.41) is 0. The molecule has 0 aliphatic carbocycles. The van der Waals surface area contributed by atoms with E-state index < -0.39 is 0 Å². The van der Waals surface area contributed by atoms with Crippen LogP contribution in [-0.2, 0) is 0 Å². The van der Waals surface area contributed by atoms with Crippen LogP contribution in [0.2, 0.25) is 0 Å². The Morgan fingerprint density at radius 3 is 2.07 bits per heavy atom. The lowest BCUT2D eigenvalue weighted by Crippen LogP contribution is -2.31. The first-order valence-electron chi connectivity index (χ1n) is 6.16. The summed E-state index contributed by atoms with van der Waals surface area (Å²) in [6.07, 6.45) is 6.57. The maximum atomic E-state index is 5.44. The fourth-order valence-corrected chi connectivity index (χ4v) is 1.77. The number of hydrogen-bond acceptors (Lipinski definition) is 2. The molecule has 0 spiro atoms. The molecule has 0 aliphatic rings. The predicted molar refractivity (Wildman–Crippen MR) is 64.5 cm³/mol. The van der Waals surface area contributed by atoms with Crippen molar-refractivity contribution in [3.8, 4) is 0 Å². The average Bonchev–Trinajstić information content (AvgIpc) is 2.16. The molecule has 0 saturated heterocycles. The van der Waals surface area contributed by atoms with Gasteiger partial charge in [-0.05, 0) is 46.3 Å². The van der Waals surface area contributed by atoms with Gasteiger partial charge in [-0.15, -0.1) is 0 Å². The molecule has 0 bridgehead atoms. The quantitative estimate of drug-likeness (QED) is 0.580. The third-order valence-electron chi connectivity index (χ3n) is 2.79. The Labute approximate surface area is 89.9 Å². The lowest BCUT2D eigenvalue weighted by molar-refractivity contribution is 0.228. The monoisotopic (exact) mass is 200 g/mol. The summed E-state index contributed by atoms with van der Waals surface area (Å²) in [4.78, 5) is 2.53. The van der Waals surface area contributed by atoms with Gasteiger partial charge in [0.15, 0.2) is 0 Å². The molecule has 2 nitrogen and oxygen atoms in total. The van der Waals surface area contributed by atoms with Crippen molar-refractivity contribution in [3.05, 3.63) is 0 Å². The molecular weight excluding hydrogens is 172 g/mol. The van der Waals surface area contributed by atoms with Crippen molar-refractivity contribution >= 4 is 0 Å². The van der Waals surface area contributed by atoms with E-state index in [9.17, 15) is 0 Å². The highest BCUT2D eigenvalue weighted by molar-refractivity contribution is 4.60. The topological polar surface area (TPSA) is 29.3 Å². The molecule has 2 heteroatoms. The molecule has 0 unspecified atom stereocenters. The van der Waals surface area contributed by atoms with Crippen LogP contribution in [0.4, 0.5) is 0 Å². The number of rotatable bonds is 9. The fourth-order valence-electron chi connectivity index (χ4n) is 1.77. The van der Waals surface area contributed by atoms with Gasteiger partial charge in [0.05, 0.1) is 0 Å². The minimum Gasteiger partial charge on any atom is -0.330 e. The van der Waals surface area contributed by atoms with Crippen molar-refractivity contribution < 1.29 is 0 Å². The normalized spacial score (nSPS) is 11.6. The van der Waals surface area contributed by atoms with Gasteiger partial charge in [0.25, 0.3) is 0 Å². The number of unbranched alkanes of at least 4 members (excludes halogenated alkanes) is 4. The van der Waals surface area contributed by atoms with Gasteiger partial charge in [0.1, 0.15) is 0 Å². The Morgan fingerprint density at radius 2 is 1.57 bits per heavy atom. The lowest BCUT2D eigenvalue weighted by Gasteiger charge is -2.24. The van der Waals surface area contributed by atoms with Crippen molar-refractivity contribution in [3.63, 3.8) is 0 Å². The van der Waals surface area contributed by atoms with Gasteiger partial charge in [-0.3, -0.25) is 0 Å². The minimum atomic E-state index is 0.698. The van der Waals surface area contributed by atoms with Crippen LogP contribution in [0.3, 0.4) is 0 Å². The van der Waals surface area contributed by atoms with E-state index in [-0.39, 0.29) is 0 Å². The second-order valence-corrected chi connectivity index (χ2v) is 4.28. The van der Waals surface area contributed by atoms with E-state index in [1.165, 1.54) is 45.2 Å². The Hall–Kier alpha value is -0.0800. The van der Waals surface area contributed by atoms with Crippen molar-refractivity contribution in [1.29, 1.82) is 0 Å². The Bertz CT molecular complexity index is 113. The largest absolute Gasteiger partial charge is 0.330 e. The van der Waals surface area contributed by atoms with E-state index in [4.69, 9.17) is 5.73 Å². The molecule has 0 aliphatic heterocycles. The number of nitrogens with zero attached hydrogens (tertiary/aromatic N) is 1. The van der Waals surface area contributed by atoms with Gasteiger partial charge in [-0.25, -0.2) is 0 Å². The standard InChI is InChI=1S/C12H28N2/c1-4-14(12(2)3)11-9-7-5-6-8-10-13/h12H,4-11,13H2,1-3H3. The van der Waals surface area contributed by atoms with Gasteiger partial charge in [-0.1, -0.05) is 26.2 Å². The van der Waals surface area contributed by atoms with Crippen molar-refractivity contribution in [1.82, 2.24) is 4.90 Å². The summed E-state index contributed by atoms with van der Waals surface area (Å²) in [5.41, 5.74) is 5.44.